The summed E-state index contributed by atoms with van der Waals surface area (Å²) in [5.41, 5.74) is 1.23. The fraction of sp³-hybridized carbons (Fsp3) is 0.857. The maximum Gasteiger partial charge on any atom is 0.230 e. The van der Waals surface area contributed by atoms with Crippen molar-refractivity contribution in [3.8, 4) is 0 Å². The van der Waals surface area contributed by atoms with Gasteiger partial charge in [0.05, 0.1) is 6.04 Å². The van der Waals surface area contributed by atoms with Gasteiger partial charge < -0.3 is 0 Å². The third-order valence-electron chi connectivity index (χ3n) is 6.78. The van der Waals surface area contributed by atoms with Crippen LogP contribution in [0.4, 0.5) is 0 Å². The number of unbranched alkanes of at least 4 members (excludes halogenated alkanes) is 15. The highest BCUT2D eigenvalue weighted by molar-refractivity contribution is 6.02. The second-order valence-electron chi connectivity index (χ2n) is 9.65. The zero-order valence-corrected chi connectivity index (χ0v) is 21.1. The predicted octanol–water partition coefficient (Wildman–Crippen LogP) is 8.51. The van der Waals surface area contributed by atoms with Crippen molar-refractivity contribution < 1.29 is 9.59 Å². The summed E-state index contributed by atoms with van der Waals surface area (Å²) in [5.74, 6) is 0.0622. The molecule has 1 saturated heterocycles. The van der Waals surface area contributed by atoms with Gasteiger partial charge in [-0.15, -0.1) is 0 Å². The van der Waals surface area contributed by atoms with Crippen molar-refractivity contribution in [3.63, 3.8) is 0 Å². The molecule has 1 fully saturated rings. The van der Waals surface area contributed by atoms with Gasteiger partial charge in [-0.25, -0.2) is 0 Å². The maximum atomic E-state index is 12.3. The average molecular weight is 434 g/mol. The predicted molar refractivity (Wildman–Crippen MR) is 133 cm³/mol. The van der Waals surface area contributed by atoms with Crippen molar-refractivity contribution in [1.82, 2.24) is 4.90 Å². The molecule has 0 aromatic rings. The number of nitrogens with zero attached hydrogens (tertiary/aromatic N) is 1. The summed E-state index contributed by atoms with van der Waals surface area (Å²) in [7, 11) is 0. The standard InChI is InChI=1S/C28H51NO2/c1-4-6-8-10-11-12-13-14-15-16-17-18-19-21-25(3)26(22-20-9-7-5-2)29-27(30)23-24-28(29)31/h21,26H,4-20,22-24H2,1-3H3. The fourth-order valence-electron chi connectivity index (χ4n) is 4.72. The second-order valence-corrected chi connectivity index (χ2v) is 9.65. The largest absolute Gasteiger partial charge is 0.275 e. The van der Waals surface area contributed by atoms with Crippen molar-refractivity contribution in [2.45, 2.75) is 155 Å². The normalized spacial score (nSPS) is 15.8. The smallest absolute Gasteiger partial charge is 0.230 e. The van der Waals surface area contributed by atoms with Gasteiger partial charge >= 0.3 is 0 Å². The Morgan fingerprint density at radius 3 is 1.61 bits per heavy atom. The van der Waals surface area contributed by atoms with Crippen LogP contribution in [0.1, 0.15) is 149 Å². The van der Waals surface area contributed by atoms with E-state index in [4.69, 9.17) is 0 Å². The topological polar surface area (TPSA) is 37.4 Å². The molecule has 1 atom stereocenters. The molecule has 31 heavy (non-hydrogen) atoms. The van der Waals surface area contributed by atoms with Gasteiger partial charge in [0.2, 0.25) is 11.8 Å². The Labute approximate surface area is 193 Å². The first-order valence-electron chi connectivity index (χ1n) is 13.6. The quantitative estimate of drug-likeness (QED) is 0.110. The number of carbonyl (C=O) groups excluding carboxylic acids is 2. The van der Waals surface area contributed by atoms with Crippen molar-refractivity contribution >= 4 is 11.8 Å². The molecule has 3 heteroatoms. The lowest BCUT2D eigenvalue weighted by atomic mass is 9.98. The molecule has 2 amide bonds. The zero-order chi connectivity index (χ0) is 22.7. The van der Waals surface area contributed by atoms with E-state index in [0.717, 1.165) is 19.3 Å². The monoisotopic (exact) mass is 433 g/mol. The van der Waals surface area contributed by atoms with Crippen LogP contribution < -0.4 is 0 Å². The zero-order valence-electron chi connectivity index (χ0n) is 21.1. The number of rotatable bonds is 20. The summed E-state index contributed by atoms with van der Waals surface area (Å²) in [6.07, 6.45) is 26.3. The first-order chi connectivity index (χ1) is 15.1. The van der Waals surface area contributed by atoms with E-state index in [2.05, 4.69) is 26.8 Å². The Bertz CT molecular complexity index is 495. The van der Waals surface area contributed by atoms with E-state index >= 15 is 0 Å². The van der Waals surface area contributed by atoms with Crippen LogP contribution in [0.2, 0.25) is 0 Å². The second kappa shape index (κ2) is 18.5. The molecule has 0 N–H and O–H groups in total. The molecule has 3 nitrogen and oxygen atoms in total. The van der Waals surface area contributed by atoms with E-state index in [9.17, 15) is 9.59 Å². The van der Waals surface area contributed by atoms with E-state index in [-0.39, 0.29) is 17.9 Å². The number of likely N-dealkylation sites (tertiary alicyclic amines) is 1. The molecule has 0 radical (unpaired) electrons. The number of amides is 2. The first-order valence-corrected chi connectivity index (χ1v) is 13.6. The van der Waals surface area contributed by atoms with E-state index in [1.165, 1.54) is 102 Å². The molecule has 0 aromatic heterocycles. The SMILES string of the molecule is CCCCCCCCCCCCCCC=C(C)C(CCCCCC)N1C(=O)CCC1=O. The van der Waals surface area contributed by atoms with E-state index in [0.29, 0.717) is 12.8 Å². The van der Waals surface area contributed by atoms with Gasteiger partial charge in [0.15, 0.2) is 0 Å². The van der Waals surface area contributed by atoms with Crippen LogP contribution >= 0.6 is 0 Å². The molecule has 1 heterocycles. The average Bonchev–Trinajstić information content (AvgIpc) is 3.09. The molecule has 0 aromatic carbocycles. The Kier molecular flexibility index (Phi) is 16.6. The lowest BCUT2D eigenvalue weighted by Gasteiger charge is -2.27. The van der Waals surface area contributed by atoms with Gasteiger partial charge in [0.1, 0.15) is 0 Å². The minimum absolute atomic E-state index is 0.00307. The van der Waals surface area contributed by atoms with E-state index in [1.807, 2.05) is 0 Å². The molecule has 1 aliphatic rings. The lowest BCUT2D eigenvalue weighted by Crippen LogP contribution is -2.40. The molecule has 1 rings (SSSR count). The minimum atomic E-state index is -0.00307. The summed E-state index contributed by atoms with van der Waals surface area (Å²) < 4.78 is 0. The molecule has 1 unspecified atom stereocenters. The Balaban J connectivity index is 2.23. The van der Waals surface area contributed by atoms with Crippen LogP contribution in [0, 0.1) is 0 Å². The molecular weight excluding hydrogens is 382 g/mol. The molecule has 180 valence electrons. The molecule has 0 saturated carbocycles. The van der Waals surface area contributed by atoms with Gasteiger partial charge in [-0.2, -0.15) is 0 Å². The summed E-state index contributed by atoms with van der Waals surface area (Å²) >= 11 is 0. The van der Waals surface area contributed by atoms with Gasteiger partial charge in [-0.3, -0.25) is 14.5 Å². The third-order valence-corrected chi connectivity index (χ3v) is 6.78. The Morgan fingerprint density at radius 1 is 0.710 bits per heavy atom. The minimum Gasteiger partial charge on any atom is -0.275 e. The summed E-state index contributed by atoms with van der Waals surface area (Å²) in [6, 6.07) is -0.00307. The maximum absolute atomic E-state index is 12.3. The Hall–Kier alpha value is -1.12. The molecule has 0 bridgehead atoms. The van der Waals surface area contributed by atoms with Crippen LogP contribution in [-0.2, 0) is 9.59 Å². The summed E-state index contributed by atoms with van der Waals surface area (Å²) in [6.45, 7) is 6.62. The highest BCUT2D eigenvalue weighted by atomic mass is 16.2. The lowest BCUT2D eigenvalue weighted by molar-refractivity contribution is -0.140. The number of allylic oxidation sites excluding steroid dienone is 1. The van der Waals surface area contributed by atoms with Crippen LogP contribution in [0.15, 0.2) is 11.6 Å². The molecule has 0 aliphatic carbocycles. The van der Waals surface area contributed by atoms with Crippen molar-refractivity contribution in [3.05, 3.63) is 11.6 Å². The van der Waals surface area contributed by atoms with Crippen molar-refractivity contribution in [1.29, 1.82) is 0 Å². The van der Waals surface area contributed by atoms with Crippen LogP contribution in [0.5, 0.6) is 0 Å². The van der Waals surface area contributed by atoms with Crippen LogP contribution in [0.3, 0.4) is 0 Å². The molecule has 1 aliphatic heterocycles. The van der Waals surface area contributed by atoms with Gasteiger partial charge in [-0.1, -0.05) is 122 Å². The summed E-state index contributed by atoms with van der Waals surface area (Å²) in [4.78, 5) is 26.2. The van der Waals surface area contributed by atoms with Crippen molar-refractivity contribution in [2.24, 2.45) is 0 Å². The number of imide groups is 1. The highest BCUT2D eigenvalue weighted by Gasteiger charge is 2.35. The third kappa shape index (κ3) is 12.5. The Morgan fingerprint density at radius 2 is 1.13 bits per heavy atom. The van der Waals surface area contributed by atoms with Gasteiger partial charge in [0.25, 0.3) is 0 Å². The van der Waals surface area contributed by atoms with Gasteiger partial charge in [0, 0.05) is 12.8 Å². The fourth-order valence-corrected chi connectivity index (χ4v) is 4.72. The van der Waals surface area contributed by atoms with Gasteiger partial charge in [-0.05, 0) is 26.2 Å². The first kappa shape index (κ1) is 27.9. The number of hydrogen-bond donors (Lipinski definition) is 0. The highest BCUT2D eigenvalue weighted by Crippen LogP contribution is 2.25. The van der Waals surface area contributed by atoms with E-state index in [1.54, 1.807) is 4.90 Å². The van der Waals surface area contributed by atoms with Crippen LogP contribution in [0.25, 0.3) is 0 Å². The van der Waals surface area contributed by atoms with Crippen LogP contribution in [-0.4, -0.2) is 22.8 Å². The number of carbonyl (C=O) groups is 2. The van der Waals surface area contributed by atoms with Crippen molar-refractivity contribution in [2.75, 3.05) is 0 Å². The summed E-state index contributed by atoms with van der Waals surface area (Å²) in [5, 5.41) is 0. The molecule has 0 spiro atoms. The molecular formula is C28H51NO2. The number of hydrogen-bond acceptors (Lipinski definition) is 2. The van der Waals surface area contributed by atoms with E-state index < -0.39 is 0 Å².